The molecule has 0 radical (unpaired) electrons. The van der Waals surface area contributed by atoms with Crippen molar-refractivity contribution >= 4 is 0 Å². The molecule has 0 aliphatic rings. The molecule has 0 aliphatic heterocycles. The molecule has 0 saturated carbocycles. The summed E-state index contributed by atoms with van der Waals surface area (Å²) < 4.78 is 59.7. The van der Waals surface area contributed by atoms with E-state index in [0.29, 0.717) is 5.56 Å². The molecule has 1 rings (SSSR count). The smallest absolute Gasteiger partial charge is 0.432 e. The zero-order valence-electron chi connectivity index (χ0n) is 7.43. The predicted molar refractivity (Wildman–Crippen MR) is 44.5 cm³/mol. The van der Waals surface area contributed by atoms with Crippen LogP contribution >= 0.6 is 0 Å². The van der Waals surface area contributed by atoms with E-state index in [0.717, 1.165) is 0 Å². The van der Waals surface area contributed by atoms with Crippen molar-refractivity contribution in [3.05, 3.63) is 41.2 Å². The van der Waals surface area contributed by atoms with E-state index in [4.69, 9.17) is 0 Å². The van der Waals surface area contributed by atoms with Crippen molar-refractivity contribution in [1.29, 1.82) is 0 Å². The average Bonchev–Trinajstić information content (AvgIpc) is 2.15. The van der Waals surface area contributed by atoms with Gasteiger partial charge in [-0.05, 0) is 0 Å². The zero-order chi connectivity index (χ0) is 11.5. The van der Waals surface area contributed by atoms with Crippen LogP contribution in [0, 0.1) is 0 Å². The Balaban J connectivity index is 2.58. The van der Waals surface area contributed by atoms with E-state index < -0.39 is 18.8 Å². The highest BCUT2D eigenvalue weighted by Crippen LogP contribution is 2.40. The Kier molecular flexibility index (Phi) is 3.28. The van der Waals surface area contributed by atoms with Gasteiger partial charge in [-0.3, -0.25) is 0 Å². The van der Waals surface area contributed by atoms with Gasteiger partial charge in [0.1, 0.15) is 0 Å². The Hall–Kier alpha value is -1.17. The monoisotopic (exact) mass is 224 g/mol. The highest BCUT2D eigenvalue weighted by atomic mass is 19.4. The van der Waals surface area contributed by atoms with Crippen LogP contribution < -0.4 is 0 Å². The topological polar surface area (TPSA) is 14.1 Å². The minimum Gasteiger partial charge on any atom is -0.588 e. The average molecular weight is 224 g/mol. The fourth-order valence-electron chi connectivity index (χ4n) is 0.864. The molecule has 15 heavy (non-hydrogen) atoms. The van der Waals surface area contributed by atoms with Crippen molar-refractivity contribution in [3.8, 4) is 0 Å². The molecule has 0 fully saturated rings. The van der Waals surface area contributed by atoms with Gasteiger partial charge in [0.05, 0.1) is 0 Å². The second-order valence-corrected chi connectivity index (χ2v) is 2.84. The summed E-state index contributed by atoms with van der Waals surface area (Å²) in [5.41, 5.74) is 0.307. The lowest BCUT2D eigenvalue weighted by molar-refractivity contribution is -0.265. The maximum Gasteiger partial charge on any atom is 0.432 e. The molecule has 0 amide bonds. The largest absolute Gasteiger partial charge is 0.588 e. The minimum absolute atomic E-state index is 0.307. The summed E-state index contributed by atoms with van der Waals surface area (Å²) in [4.78, 5) is 0. The number of rotatable bonds is 3. The maximum absolute atomic E-state index is 12.3. The molecule has 1 aromatic rings. The number of hydrogen-bond donors (Lipinski definition) is 0. The standard InChI is InChI=1S/C9H7F5N/c10-8(11,12)9(13,14)15-6-7-4-2-1-3-5-7/h1-5H,6H2/q-1. The van der Waals surface area contributed by atoms with Crippen molar-refractivity contribution in [3.63, 3.8) is 0 Å². The minimum atomic E-state index is -5.62. The van der Waals surface area contributed by atoms with Gasteiger partial charge in [0.15, 0.2) is 0 Å². The fraction of sp³-hybridized carbons (Fsp3) is 0.333. The first-order valence-corrected chi connectivity index (χ1v) is 4.00. The van der Waals surface area contributed by atoms with Gasteiger partial charge in [-0.1, -0.05) is 35.9 Å². The molecular formula is C9H7F5N-. The van der Waals surface area contributed by atoms with Gasteiger partial charge in [-0.2, -0.15) is 13.2 Å². The Labute approximate surface area is 82.9 Å². The lowest BCUT2D eigenvalue weighted by Gasteiger charge is -2.32. The van der Waals surface area contributed by atoms with Crippen molar-refractivity contribution in [2.75, 3.05) is 0 Å². The molecule has 0 bridgehead atoms. The third kappa shape index (κ3) is 3.16. The highest BCUT2D eigenvalue weighted by molar-refractivity contribution is 5.18. The summed E-state index contributed by atoms with van der Waals surface area (Å²) in [6, 6.07) is 2.58. The Morgan fingerprint density at radius 3 is 1.93 bits per heavy atom. The van der Waals surface area contributed by atoms with Crippen molar-refractivity contribution in [1.82, 2.24) is 0 Å². The summed E-state index contributed by atoms with van der Waals surface area (Å²) in [5, 5.41) is 2.34. The quantitative estimate of drug-likeness (QED) is 0.548. The van der Waals surface area contributed by atoms with Crippen LogP contribution in [0.5, 0.6) is 0 Å². The summed E-state index contributed by atoms with van der Waals surface area (Å²) in [5.74, 6) is 0. The number of hydrogen-bond acceptors (Lipinski definition) is 0. The molecule has 0 heterocycles. The number of benzene rings is 1. The molecule has 84 valence electrons. The Bertz CT molecular complexity index is 306. The highest BCUT2D eigenvalue weighted by Gasteiger charge is 2.49. The SMILES string of the molecule is FC(F)(F)C(F)(F)[N-]Cc1ccccc1. The van der Waals surface area contributed by atoms with Crippen LogP contribution in [0.3, 0.4) is 0 Å². The normalized spacial score (nSPS) is 12.9. The second-order valence-electron chi connectivity index (χ2n) is 2.84. The summed E-state index contributed by atoms with van der Waals surface area (Å²) in [6.07, 6.45) is -5.62. The summed E-state index contributed by atoms with van der Waals surface area (Å²) >= 11 is 0. The molecule has 0 spiro atoms. The van der Waals surface area contributed by atoms with Crippen molar-refractivity contribution in [2.45, 2.75) is 18.8 Å². The molecule has 0 unspecified atom stereocenters. The molecule has 0 saturated heterocycles. The second kappa shape index (κ2) is 4.14. The van der Waals surface area contributed by atoms with E-state index in [1.807, 2.05) is 0 Å². The van der Waals surface area contributed by atoms with Gasteiger partial charge in [-0.15, -0.1) is 6.54 Å². The van der Waals surface area contributed by atoms with Gasteiger partial charge in [0.2, 0.25) is 0 Å². The zero-order valence-corrected chi connectivity index (χ0v) is 7.43. The van der Waals surface area contributed by atoms with Crippen LogP contribution in [-0.2, 0) is 6.54 Å². The van der Waals surface area contributed by atoms with Crippen LogP contribution in [-0.4, -0.2) is 12.2 Å². The van der Waals surface area contributed by atoms with E-state index in [1.54, 1.807) is 6.07 Å². The number of nitrogens with zero attached hydrogens (tertiary/aromatic N) is 1. The molecule has 6 heteroatoms. The lowest BCUT2D eigenvalue weighted by atomic mass is 10.2. The van der Waals surface area contributed by atoms with E-state index in [-0.39, 0.29) is 0 Å². The molecule has 1 aromatic carbocycles. The van der Waals surface area contributed by atoms with E-state index >= 15 is 0 Å². The van der Waals surface area contributed by atoms with Gasteiger partial charge in [0, 0.05) is 0 Å². The van der Waals surface area contributed by atoms with Crippen LogP contribution in [0.4, 0.5) is 22.0 Å². The fourth-order valence-corrected chi connectivity index (χ4v) is 0.864. The summed E-state index contributed by atoms with van der Waals surface area (Å²) in [7, 11) is 0. The first kappa shape index (κ1) is 11.9. The Morgan fingerprint density at radius 1 is 0.933 bits per heavy atom. The number of halogens is 5. The van der Waals surface area contributed by atoms with Crippen molar-refractivity contribution in [2.24, 2.45) is 0 Å². The van der Waals surface area contributed by atoms with Gasteiger partial charge < -0.3 is 5.32 Å². The van der Waals surface area contributed by atoms with Gasteiger partial charge >= 0.3 is 6.18 Å². The third-order valence-electron chi connectivity index (χ3n) is 1.64. The Morgan fingerprint density at radius 2 is 1.47 bits per heavy atom. The van der Waals surface area contributed by atoms with Crippen LogP contribution in [0.25, 0.3) is 5.32 Å². The van der Waals surface area contributed by atoms with E-state index in [1.165, 1.54) is 24.3 Å². The molecular weight excluding hydrogens is 217 g/mol. The lowest BCUT2D eigenvalue weighted by Crippen LogP contribution is -2.35. The molecule has 0 N–H and O–H groups in total. The first-order chi connectivity index (χ1) is 6.83. The third-order valence-corrected chi connectivity index (χ3v) is 1.64. The molecule has 0 aliphatic carbocycles. The van der Waals surface area contributed by atoms with Gasteiger partial charge in [-0.25, -0.2) is 8.78 Å². The maximum atomic E-state index is 12.3. The van der Waals surface area contributed by atoms with Crippen LogP contribution in [0.2, 0.25) is 0 Å². The first-order valence-electron chi connectivity index (χ1n) is 4.00. The molecule has 0 aromatic heterocycles. The van der Waals surface area contributed by atoms with E-state index in [2.05, 4.69) is 5.32 Å². The predicted octanol–water partition coefficient (Wildman–Crippen LogP) is 3.72. The van der Waals surface area contributed by atoms with E-state index in [9.17, 15) is 22.0 Å². The number of alkyl halides is 5. The van der Waals surface area contributed by atoms with Crippen molar-refractivity contribution < 1.29 is 22.0 Å². The van der Waals surface area contributed by atoms with Gasteiger partial charge in [0.25, 0.3) is 6.05 Å². The summed E-state index contributed by atoms with van der Waals surface area (Å²) in [6.45, 7) is -0.659. The van der Waals surface area contributed by atoms with Crippen LogP contribution in [0.15, 0.2) is 30.3 Å². The molecule has 0 atom stereocenters. The molecule has 1 nitrogen and oxygen atoms in total. The van der Waals surface area contributed by atoms with Crippen LogP contribution in [0.1, 0.15) is 5.56 Å².